The Morgan fingerprint density at radius 1 is 0.957 bits per heavy atom. The van der Waals surface area contributed by atoms with Crippen LogP contribution in [0.15, 0.2) is 11.1 Å². The number of nitrogens with zero attached hydrogens (tertiary/aromatic N) is 1. The number of carbonyl (C=O) groups is 7. The van der Waals surface area contributed by atoms with Gasteiger partial charge in [0, 0.05) is 0 Å². The van der Waals surface area contributed by atoms with Crippen molar-refractivity contribution in [3.63, 3.8) is 0 Å². The minimum atomic E-state index is -2.29. The molecule has 0 fully saturated rings. The summed E-state index contributed by atoms with van der Waals surface area (Å²) >= 11 is 0.0341. The maximum atomic E-state index is 13.6. The summed E-state index contributed by atoms with van der Waals surface area (Å²) in [7, 11) is 0. The van der Waals surface area contributed by atoms with Gasteiger partial charge >= 0.3 is 287 Å². The fourth-order valence-electron chi connectivity index (χ4n) is 3.73. The van der Waals surface area contributed by atoms with Gasteiger partial charge in [-0.05, 0) is 6.92 Å². The molecule has 0 saturated heterocycles. The second-order valence-corrected chi connectivity index (χ2v) is 20.5. The molecule has 1 heterocycles. The molecule has 0 saturated carbocycles. The first kappa shape index (κ1) is 42.8. The molecule has 5 amide bonds. The predicted octanol–water partition coefficient (Wildman–Crippen LogP) is -0.981. The predicted molar refractivity (Wildman–Crippen MR) is 180 cm³/mol. The van der Waals surface area contributed by atoms with E-state index in [0.29, 0.717) is 13.2 Å². The van der Waals surface area contributed by atoms with Crippen LogP contribution in [-0.4, -0.2) is 136 Å². The zero-order valence-electron chi connectivity index (χ0n) is 25.8. The molecule has 0 spiro atoms. The van der Waals surface area contributed by atoms with E-state index >= 15 is 0 Å². The van der Waals surface area contributed by atoms with Crippen LogP contribution in [0.3, 0.4) is 0 Å². The third kappa shape index (κ3) is 19.0. The van der Waals surface area contributed by atoms with E-state index in [4.69, 9.17) is 14.9 Å². The fourth-order valence-corrected chi connectivity index (χ4v) is 10.0. The summed E-state index contributed by atoms with van der Waals surface area (Å²) < 4.78 is 31.5. The summed E-state index contributed by atoms with van der Waals surface area (Å²) in [6, 6.07) is -1.09. The van der Waals surface area contributed by atoms with Crippen LogP contribution in [-0.2, 0) is 53.2 Å². The number of cyclic esters (lactones) is 2. The molecule has 255 valence electrons. The van der Waals surface area contributed by atoms with Gasteiger partial charge in [-0.1, -0.05) is 0 Å². The summed E-state index contributed by atoms with van der Waals surface area (Å²) in [6.45, 7) is 5.97. The molecule has 1 aliphatic rings. The summed E-state index contributed by atoms with van der Waals surface area (Å²) in [4.78, 5) is 86.1. The number of carbonyl (C=O) groups excluding carboxylic acids is 7. The van der Waals surface area contributed by atoms with Crippen molar-refractivity contribution >= 4 is 115 Å². The normalized spacial score (nSPS) is 13.1. The third-order valence-corrected chi connectivity index (χ3v) is 14.3. The van der Waals surface area contributed by atoms with E-state index in [1.54, 1.807) is 23.0 Å². The molecule has 0 aromatic carbocycles. The van der Waals surface area contributed by atoms with Gasteiger partial charge < -0.3 is 4.74 Å². The Morgan fingerprint density at radius 3 is 2.30 bits per heavy atom. The Balaban J connectivity index is 2.73. The molecule has 1 unspecified atom stereocenters. The molecule has 46 heavy (non-hydrogen) atoms. The van der Waals surface area contributed by atoms with Crippen LogP contribution in [0.25, 0.3) is 0 Å². The molecule has 0 aromatic rings. The van der Waals surface area contributed by atoms with Crippen molar-refractivity contribution in [1.82, 2.24) is 23.6 Å². The first-order valence-corrected chi connectivity index (χ1v) is 26.9. The number of halogens is 2. The van der Waals surface area contributed by atoms with E-state index in [0.717, 1.165) is 0 Å². The smallest absolute Gasteiger partial charge is 0.386 e. The molecular formula is C25H38Ga2I2N5O12. The average Bonchev–Trinajstić information content (AvgIpc) is 3.23. The van der Waals surface area contributed by atoms with Crippen molar-refractivity contribution in [2.45, 2.75) is 52.5 Å². The molecule has 0 aliphatic carbocycles. The number of nitrogens with one attached hydrogen (secondary N) is 4. The van der Waals surface area contributed by atoms with Crippen LogP contribution in [0.4, 0.5) is 0 Å². The summed E-state index contributed by atoms with van der Waals surface area (Å²) in [5.74, 6) is -3.28. The Morgan fingerprint density at radius 2 is 1.67 bits per heavy atom. The van der Waals surface area contributed by atoms with Crippen LogP contribution in [0.5, 0.6) is 0 Å². The molecule has 1 atom stereocenters. The number of esters is 2. The Hall–Kier alpha value is -1.20. The van der Waals surface area contributed by atoms with Crippen LogP contribution in [0.2, 0.25) is 0 Å². The van der Waals surface area contributed by atoms with Crippen molar-refractivity contribution in [3.05, 3.63) is 11.1 Å². The number of hydrogen-bond donors (Lipinski definition) is 4. The van der Waals surface area contributed by atoms with E-state index in [-0.39, 0.29) is 94.0 Å². The third-order valence-electron chi connectivity index (χ3n) is 6.04. The Labute approximate surface area is 306 Å². The average molecular weight is 994 g/mol. The van der Waals surface area contributed by atoms with Gasteiger partial charge in [0.15, 0.2) is 0 Å². The number of amides is 5. The minimum Gasteiger partial charge on any atom is -0.386 e. The van der Waals surface area contributed by atoms with Crippen molar-refractivity contribution in [1.29, 1.82) is 0 Å². The SMILES string of the molecule is CC(=O)[NH][Ga][O]CCN(CCOI)C(=O)C(CCC(=O)NCCOCC[O][Ga]([I])[NH]C(C)=O)NC(=O)CCC1=C(C)C(=O)OC1=O. The molecule has 21 heteroatoms. The number of ether oxygens (including phenoxy) is 2. The second-order valence-electron chi connectivity index (χ2n) is 9.62. The molecule has 0 aromatic heterocycles. The molecule has 0 bridgehead atoms. The summed E-state index contributed by atoms with van der Waals surface area (Å²) in [5.41, 5.74) is 0.233. The minimum absolute atomic E-state index is 0.0238. The maximum absolute atomic E-state index is 13.6. The molecule has 4 N–H and O–H groups in total. The fraction of sp³-hybridized carbons (Fsp3) is 0.640. The number of rotatable bonds is 24. The first-order valence-electron chi connectivity index (χ1n) is 14.2. The zero-order valence-corrected chi connectivity index (χ0v) is 35.0. The Kier molecular flexibility index (Phi) is 23.2. The second kappa shape index (κ2) is 24.9. The quantitative estimate of drug-likeness (QED) is 0.0302. The van der Waals surface area contributed by atoms with Crippen molar-refractivity contribution < 1.29 is 53.2 Å². The van der Waals surface area contributed by atoms with Crippen LogP contribution < -0.4 is 18.7 Å². The van der Waals surface area contributed by atoms with Crippen LogP contribution >= 0.6 is 42.7 Å². The van der Waals surface area contributed by atoms with Crippen LogP contribution in [0.1, 0.15) is 46.5 Å². The van der Waals surface area contributed by atoms with E-state index in [2.05, 4.69) is 43.1 Å². The van der Waals surface area contributed by atoms with Gasteiger partial charge in [0.25, 0.3) is 0 Å². The standard InChI is InChI=1S/C21H30IN3O10.2C2H5NO.2Ga.HI/c1-14-15(21(32)35-20(14)31)2-4-18(29)24-16(19(30)25(7-9-26)8-12-34-22)3-5-17(28)23-6-11-33-13-10-27;2*1-2(3)4;;;/h16H,2-13H2,1H3,(H,23,28)(H,24,29);2*1H3,(H2,3,4);;;1H/q-2;;;+2;+3;/p-3. The van der Waals surface area contributed by atoms with Crippen LogP contribution in [0, 0.1) is 0 Å². The van der Waals surface area contributed by atoms with E-state index in [1.807, 2.05) is 0 Å². The van der Waals surface area contributed by atoms with Gasteiger partial charge in [-0.3, -0.25) is 0 Å². The van der Waals surface area contributed by atoms with Crippen molar-refractivity contribution in [2.24, 2.45) is 0 Å². The summed E-state index contributed by atoms with van der Waals surface area (Å²) in [6.07, 6.45) is -0.363. The molecule has 1 rings (SSSR count). The Bertz CT molecular complexity index is 1120. The topological polar surface area (TPSA) is 217 Å². The first-order chi connectivity index (χ1) is 21.8. The van der Waals surface area contributed by atoms with Crippen molar-refractivity contribution in [2.75, 3.05) is 52.7 Å². The van der Waals surface area contributed by atoms with Gasteiger partial charge in [-0.25, -0.2) is 9.59 Å². The van der Waals surface area contributed by atoms with Gasteiger partial charge in [0.05, 0.1) is 0 Å². The molecule has 1 aliphatic heterocycles. The van der Waals surface area contributed by atoms with Gasteiger partial charge in [-0.2, -0.15) is 0 Å². The van der Waals surface area contributed by atoms with E-state index < -0.39 is 61.1 Å². The number of hydrogen-bond acceptors (Lipinski definition) is 12. The van der Waals surface area contributed by atoms with E-state index in [1.165, 1.54) is 25.7 Å². The van der Waals surface area contributed by atoms with Crippen molar-refractivity contribution in [3.8, 4) is 0 Å². The van der Waals surface area contributed by atoms with Gasteiger partial charge in [0.1, 0.15) is 0 Å². The monoisotopic (exact) mass is 992 g/mol. The van der Waals surface area contributed by atoms with Gasteiger partial charge in [-0.15, -0.1) is 0 Å². The molecule has 1 radical (unpaired) electrons. The summed E-state index contributed by atoms with van der Waals surface area (Å²) in [5, 5.41) is 5.36. The molecular weight excluding hydrogens is 956 g/mol. The zero-order chi connectivity index (χ0) is 34.5. The van der Waals surface area contributed by atoms with Gasteiger partial charge in [0.2, 0.25) is 0 Å². The molecule has 17 nitrogen and oxygen atoms in total. The van der Waals surface area contributed by atoms with E-state index in [9.17, 15) is 33.6 Å².